The van der Waals surface area contributed by atoms with E-state index in [1.54, 1.807) is 35.7 Å². The van der Waals surface area contributed by atoms with Gasteiger partial charge in [0.05, 0.1) is 16.2 Å². The van der Waals surface area contributed by atoms with Crippen molar-refractivity contribution in [1.82, 2.24) is 9.29 Å². The fourth-order valence-electron chi connectivity index (χ4n) is 2.04. The van der Waals surface area contributed by atoms with E-state index in [9.17, 15) is 13.2 Å². The normalized spacial score (nSPS) is 11.6. The van der Waals surface area contributed by atoms with Crippen molar-refractivity contribution < 1.29 is 13.2 Å². The van der Waals surface area contributed by atoms with Crippen LogP contribution in [0.1, 0.15) is 10.4 Å². The van der Waals surface area contributed by atoms with Crippen molar-refractivity contribution in [3.05, 3.63) is 52.0 Å². The number of thiazole rings is 1. The van der Waals surface area contributed by atoms with Gasteiger partial charge in [-0.25, -0.2) is 17.7 Å². The van der Waals surface area contributed by atoms with E-state index in [-0.39, 0.29) is 10.8 Å². The predicted molar refractivity (Wildman–Crippen MR) is 101 cm³/mol. The molecule has 0 spiro atoms. The third-order valence-corrected chi connectivity index (χ3v) is 6.71. The molecule has 9 heteroatoms. The molecule has 0 aliphatic carbocycles. The number of hydrogen-bond acceptors (Lipinski definition) is 6. The van der Waals surface area contributed by atoms with Crippen molar-refractivity contribution in [3.8, 4) is 11.3 Å². The molecule has 0 atom stereocenters. The lowest BCUT2D eigenvalue weighted by molar-refractivity contribution is 0.102. The first-order chi connectivity index (χ1) is 11.9. The molecule has 0 fully saturated rings. The summed E-state index contributed by atoms with van der Waals surface area (Å²) in [5.74, 6) is -0.199. The second-order valence-electron chi connectivity index (χ2n) is 5.32. The topological polar surface area (TPSA) is 79.4 Å². The van der Waals surface area contributed by atoms with Crippen LogP contribution in [-0.2, 0) is 10.0 Å². The largest absolute Gasteiger partial charge is 0.298 e. The maximum absolute atomic E-state index is 12.1. The first kappa shape index (κ1) is 17.7. The zero-order valence-electron chi connectivity index (χ0n) is 13.5. The number of carbonyl (C=O) groups excluding carboxylic acids is 1. The van der Waals surface area contributed by atoms with Crippen LogP contribution in [-0.4, -0.2) is 37.7 Å². The molecule has 1 aromatic carbocycles. The van der Waals surface area contributed by atoms with Gasteiger partial charge in [-0.15, -0.1) is 11.3 Å². The fraction of sp³-hybridized carbons (Fsp3) is 0.125. The molecule has 0 saturated heterocycles. The maximum Gasteiger partial charge on any atom is 0.258 e. The summed E-state index contributed by atoms with van der Waals surface area (Å²) in [6.45, 7) is 0. The highest BCUT2D eigenvalue weighted by atomic mass is 32.2. The lowest BCUT2D eigenvalue weighted by atomic mass is 10.2. The summed E-state index contributed by atoms with van der Waals surface area (Å²) in [6.07, 6.45) is 0. The molecule has 2 heterocycles. The molecule has 0 radical (unpaired) electrons. The second-order valence-corrected chi connectivity index (χ2v) is 9.11. The van der Waals surface area contributed by atoms with E-state index < -0.39 is 10.0 Å². The lowest BCUT2D eigenvalue weighted by Crippen LogP contribution is -2.22. The molecule has 0 aliphatic rings. The highest BCUT2D eigenvalue weighted by Crippen LogP contribution is 2.26. The van der Waals surface area contributed by atoms with Crippen molar-refractivity contribution in [2.24, 2.45) is 0 Å². The van der Waals surface area contributed by atoms with Gasteiger partial charge in [-0.2, -0.15) is 11.3 Å². The van der Waals surface area contributed by atoms with E-state index in [2.05, 4.69) is 10.3 Å². The Kier molecular flexibility index (Phi) is 5.00. The Morgan fingerprint density at radius 2 is 1.84 bits per heavy atom. The molecule has 3 aromatic rings. The van der Waals surface area contributed by atoms with Gasteiger partial charge in [0.1, 0.15) is 0 Å². The molecular weight excluding hydrogens is 378 g/mol. The third kappa shape index (κ3) is 3.79. The number of anilines is 1. The zero-order valence-corrected chi connectivity index (χ0v) is 15.9. The van der Waals surface area contributed by atoms with Gasteiger partial charge in [-0.1, -0.05) is 12.1 Å². The SMILES string of the molecule is CN(C)S(=O)(=O)c1ccc(-c2csc(NC(=O)c3ccsc3)n2)cc1. The van der Waals surface area contributed by atoms with Gasteiger partial charge < -0.3 is 0 Å². The minimum Gasteiger partial charge on any atom is -0.298 e. The Bertz CT molecular complexity index is 975. The van der Waals surface area contributed by atoms with Crippen molar-refractivity contribution in [1.29, 1.82) is 0 Å². The van der Waals surface area contributed by atoms with Gasteiger partial charge in [0.15, 0.2) is 5.13 Å². The monoisotopic (exact) mass is 393 g/mol. The number of sulfonamides is 1. The number of hydrogen-bond donors (Lipinski definition) is 1. The van der Waals surface area contributed by atoms with Crippen molar-refractivity contribution in [2.45, 2.75) is 4.90 Å². The molecule has 0 unspecified atom stereocenters. The number of thiophene rings is 1. The van der Waals surface area contributed by atoms with Crippen molar-refractivity contribution >= 4 is 43.7 Å². The summed E-state index contributed by atoms with van der Waals surface area (Å²) in [6, 6.07) is 8.26. The van der Waals surface area contributed by atoms with Crippen LogP contribution in [0.4, 0.5) is 5.13 Å². The van der Waals surface area contributed by atoms with Crippen LogP contribution >= 0.6 is 22.7 Å². The second kappa shape index (κ2) is 7.04. The molecule has 130 valence electrons. The van der Waals surface area contributed by atoms with Gasteiger partial charge in [0.25, 0.3) is 5.91 Å². The first-order valence-electron chi connectivity index (χ1n) is 7.20. The van der Waals surface area contributed by atoms with E-state index >= 15 is 0 Å². The number of benzene rings is 1. The quantitative estimate of drug-likeness (QED) is 0.721. The molecule has 6 nitrogen and oxygen atoms in total. The van der Waals surface area contributed by atoms with E-state index in [0.717, 1.165) is 5.56 Å². The number of nitrogens with zero attached hydrogens (tertiary/aromatic N) is 2. The number of aromatic nitrogens is 1. The summed E-state index contributed by atoms with van der Waals surface area (Å²) < 4.78 is 25.3. The summed E-state index contributed by atoms with van der Waals surface area (Å²) in [7, 11) is -0.468. The Morgan fingerprint density at radius 1 is 1.12 bits per heavy atom. The Labute approximate surface area is 153 Å². The Balaban J connectivity index is 1.77. The molecule has 3 rings (SSSR count). The molecule has 1 N–H and O–H groups in total. The van der Waals surface area contributed by atoms with Crippen LogP contribution in [0.5, 0.6) is 0 Å². The number of rotatable bonds is 5. The van der Waals surface area contributed by atoms with E-state index in [0.29, 0.717) is 16.4 Å². The average Bonchev–Trinajstić information content (AvgIpc) is 3.26. The van der Waals surface area contributed by atoms with Gasteiger partial charge in [-0.3, -0.25) is 10.1 Å². The summed E-state index contributed by atoms with van der Waals surface area (Å²) >= 11 is 2.77. The van der Waals surface area contributed by atoms with Crippen LogP contribution in [0.3, 0.4) is 0 Å². The van der Waals surface area contributed by atoms with Crippen LogP contribution in [0, 0.1) is 0 Å². The third-order valence-electron chi connectivity index (χ3n) is 3.44. The molecule has 0 bridgehead atoms. The number of amides is 1. The molecule has 0 aliphatic heterocycles. The molecular formula is C16H15N3O3S3. The van der Waals surface area contributed by atoms with Gasteiger partial charge >= 0.3 is 0 Å². The lowest BCUT2D eigenvalue weighted by Gasteiger charge is -2.11. The molecule has 0 saturated carbocycles. The van der Waals surface area contributed by atoms with Crippen molar-refractivity contribution in [3.63, 3.8) is 0 Å². The maximum atomic E-state index is 12.1. The average molecular weight is 394 g/mol. The standard InChI is InChI=1S/C16H15N3O3S3/c1-19(2)25(21,22)13-5-3-11(4-6-13)14-10-24-16(17-14)18-15(20)12-7-8-23-9-12/h3-10H,1-2H3,(H,17,18,20). The zero-order chi connectivity index (χ0) is 18.0. The number of nitrogens with one attached hydrogen (secondary N) is 1. The summed E-state index contributed by atoms with van der Waals surface area (Å²) in [5.41, 5.74) is 2.06. The molecule has 25 heavy (non-hydrogen) atoms. The van der Waals surface area contributed by atoms with Gasteiger partial charge in [0, 0.05) is 30.4 Å². The van der Waals surface area contributed by atoms with Crippen LogP contribution in [0.25, 0.3) is 11.3 Å². The Morgan fingerprint density at radius 3 is 2.44 bits per heavy atom. The van der Waals surface area contributed by atoms with Crippen LogP contribution < -0.4 is 5.32 Å². The smallest absolute Gasteiger partial charge is 0.258 e. The highest BCUT2D eigenvalue weighted by molar-refractivity contribution is 7.89. The van der Waals surface area contributed by atoms with Crippen molar-refractivity contribution in [2.75, 3.05) is 19.4 Å². The van der Waals surface area contributed by atoms with Gasteiger partial charge in [0.2, 0.25) is 10.0 Å². The minimum absolute atomic E-state index is 0.199. The van der Waals surface area contributed by atoms with E-state index in [1.165, 1.54) is 41.1 Å². The molecule has 1 amide bonds. The van der Waals surface area contributed by atoms with E-state index in [4.69, 9.17) is 0 Å². The minimum atomic E-state index is -3.45. The van der Waals surface area contributed by atoms with Crippen LogP contribution in [0.2, 0.25) is 0 Å². The summed E-state index contributed by atoms with van der Waals surface area (Å²) in [5, 5.41) is 8.68. The first-order valence-corrected chi connectivity index (χ1v) is 10.5. The highest BCUT2D eigenvalue weighted by Gasteiger charge is 2.17. The predicted octanol–water partition coefficient (Wildman–Crippen LogP) is 3.37. The fourth-order valence-corrected chi connectivity index (χ4v) is 4.29. The Hall–Kier alpha value is -2.07. The molecule has 2 aromatic heterocycles. The van der Waals surface area contributed by atoms with E-state index in [1.807, 2.05) is 10.8 Å². The summed E-state index contributed by atoms with van der Waals surface area (Å²) in [4.78, 5) is 16.6. The van der Waals surface area contributed by atoms with Gasteiger partial charge in [-0.05, 0) is 23.6 Å². The number of carbonyl (C=O) groups is 1. The van der Waals surface area contributed by atoms with Crippen LogP contribution in [0.15, 0.2) is 51.4 Å².